The first-order valence-electron chi connectivity index (χ1n) is 4.23. The lowest BCUT2D eigenvalue weighted by atomic mass is 10.1. The highest BCUT2D eigenvalue weighted by Crippen LogP contribution is 2.20. The number of aryl methyl sites for hydroxylation is 1. The van der Waals surface area contributed by atoms with Crippen molar-refractivity contribution in [1.82, 2.24) is 4.98 Å². The average Bonchev–Trinajstić information content (AvgIpc) is 2.16. The minimum absolute atomic E-state index is 0.457. The van der Waals surface area contributed by atoms with Gasteiger partial charge in [-0.25, -0.2) is 4.98 Å². The Morgan fingerprint density at radius 1 is 1.36 bits per heavy atom. The van der Waals surface area contributed by atoms with Gasteiger partial charge >= 0.3 is 0 Å². The van der Waals surface area contributed by atoms with Gasteiger partial charge in [0, 0.05) is 10.9 Å². The number of benzene rings is 1. The molecule has 0 atom stereocenters. The number of aromatic nitrogens is 1. The van der Waals surface area contributed by atoms with Crippen LogP contribution in [0.5, 0.6) is 0 Å². The molecular weight excluding hydrogens is 198 g/mol. The highest BCUT2D eigenvalue weighted by atomic mass is 35.5. The van der Waals surface area contributed by atoms with Gasteiger partial charge in [0.25, 0.3) is 0 Å². The highest BCUT2D eigenvalue weighted by Gasteiger charge is 2.01. The van der Waals surface area contributed by atoms with Crippen molar-refractivity contribution in [1.29, 1.82) is 0 Å². The van der Waals surface area contributed by atoms with Crippen LogP contribution in [0.3, 0.4) is 0 Å². The highest BCUT2D eigenvalue weighted by molar-refractivity contribution is 6.29. The summed E-state index contributed by atoms with van der Waals surface area (Å²) in [7, 11) is 0. The number of halogens is 1. The van der Waals surface area contributed by atoms with Crippen molar-refractivity contribution in [2.24, 2.45) is 0 Å². The molecule has 0 aliphatic rings. The monoisotopic (exact) mass is 205 g/mol. The van der Waals surface area contributed by atoms with Crippen LogP contribution in [0.25, 0.3) is 10.9 Å². The number of nitrogens with zero attached hydrogens (tertiary/aromatic N) is 1. The molecule has 1 aromatic carbocycles. The summed E-state index contributed by atoms with van der Waals surface area (Å²) in [5.41, 5.74) is 2.45. The first-order chi connectivity index (χ1) is 6.70. The van der Waals surface area contributed by atoms with Crippen molar-refractivity contribution in [2.45, 2.75) is 6.92 Å². The van der Waals surface area contributed by atoms with E-state index >= 15 is 0 Å². The van der Waals surface area contributed by atoms with E-state index in [0.29, 0.717) is 10.7 Å². The summed E-state index contributed by atoms with van der Waals surface area (Å²) < 4.78 is 0. The normalized spacial score (nSPS) is 10.4. The van der Waals surface area contributed by atoms with Crippen molar-refractivity contribution >= 4 is 28.8 Å². The van der Waals surface area contributed by atoms with Crippen molar-refractivity contribution in [3.63, 3.8) is 0 Å². The maximum absolute atomic E-state index is 10.6. The fraction of sp³-hybridized carbons (Fsp3) is 0.0909. The van der Waals surface area contributed by atoms with E-state index in [2.05, 4.69) is 4.98 Å². The summed E-state index contributed by atoms with van der Waals surface area (Å²) in [6, 6.07) is 7.21. The van der Waals surface area contributed by atoms with E-state index in [4.69, 9.17) is 11.6 Å². The molecule has 3 heteroatoms. The molecule has 70 valence electrons. The van der Waals surface area contributed by atoms with Gasteiger partial charge in [0.2, 0.25) is 0 Å². The second-order valence-electron chi connectivity index (χ2n) is 3.16. The van der Waals surface area contributed by atoms with E-state index in [9.17, 15) is 4.79 Å². The van der Waals surface area contributed by atoms with Crippen LogP contribution < -0.4 is 0 Å². The smallest absolute Gasteiger partial charge is 0.150 e. The standard InChI is InChI=1S/C11H8ClNO/c1-7-4-11(12)13-10-5-8(6-14)2-3-9(7)10/h2-6H,1H3. The lowest BCUT2D eigenvalue weighted by Gasteiger charge is -2.02. The molecule has 0 aliphatic carbocycles. The molecule has 2 rings (SSSR count). The predicted molar refractivity (Wildman–Crippen MR) is 56.9 cm³/mol. The Bertz CT molecular complexity index is 508. The van der Waals surface area contributed by atoms with Gasteiger partial charge in [-0.3, -0.25) is 4.79 Å². The van der Waals surface area contributed by atoms with Gasteiger partial charge in [0.05, 0.1) is 5.52 Å². The van der Waals surface area contributed by atoms with Gasteiger partial charge in [-0.2, -0.15) is 0 Å². The zero-order chi connectivity index (χ0) is 10.1. The number of pyridine rings is 1. The number of carbonyl (C=O) groups is 1. The number of hydrogen-bond donors (Lipinski definition) is 0. The molecular formula is C11H8ClNO. The number of aldehydes is 1. The van der Waals surface area contributed by atoms with Crippen LogP contribution in [-0.4, -0.2) is 11.3 Å². The van der Waals surface area contributed by atoms with Crippen molar-refractivity contribution < 1.29 is 4.79 Å². The van der Waals surface area contributed by atoms with Crippen LogP contribution in [0.1, 0.15) is 15.9 Å². The van der Waals surface area contributed by atoms with Crippen molar-refractivity contribution in [3.05, 3.63) is 40.5 Å². The van der Waals surface area contributed by atoms with Gasteiger partial charge in [-0.1, -0.05) is 23.7 Å². The van der Waals surface area contributed by atoms with E-state index in [1.165, 1.54) is 0 Å². The molecule has 0 saturated carbocycles. The zero-order valence-corrected chi connectivity index (χ0v) is 8.38. The van der Waals surface area contributed by atoms with E-state index in [0.717, 1.165) is 22.8 Å². The molecule has 1 aromatic heterocycles. The molecule has 0 fully saturated rings. The van der Waals surface area contributed by atoms with Gasteiger partial charge < -0.3 is 0 Å². The minimum Gasteiger partial charge on any atom is -0.298 e. The predicted octanol–water partition coefficient (Wildman–Crippen LogP) is 3.01. The largest absolute Gasteiger partial charge is 0.298 e. The van der Waals surface area contributed by atoms with Crippen LogP contribution in [0.15, 0.2) is 24.3 Å². The fourth-order valence-corrected chi connectivity index (χ4v) is 1.71. The summed E-state index contributed by atoms with van der Waals surface area (Å²) in [5, 5.41) is 1.48. The van der Waals surface area contributed by atoms with Crippen molar-refractivity contribution in [2.75, 3.05) is 0 Å². The quantitative estimate of drug-likeness (QED) is 0.529. The second kappa shape index (κ2) is 3.39. The molecule has 14 heavy (non-hydrogen) atoms. The summed E-state index contributed by atoms with van der Waals surface area (Å²) in [4.78, 5) is 14.7. The summed E-state index contributed by atoms with van der Waals surface area (Å²) in [6.07, 6.45) is 0.803. The first-order valence-corrected chi connectivity index (χ1v) is 4.60. The average molecular weight is 206 g/mol. The number of carbonyl (C=O) groups excluding carboxylic acids is 1. The Morgan fingerprint density at radius 2 is 2.14 bits per heavy atom. The molecule has 0 spiro atoms. The van der Waals surface area contributed by atoms with Gasteiger partial charge in [0.1, 0.15) is 11.4 Å². The molecule has 0 unspecified atom stereocenters. The summed E-state index contributed by atoms with van der Waals surface area (Å²) in [6.45, 7) is 1.97. The number of fused-ring (bicyclic) bond motifs is 1. The molecule has 0 radical (unpaired) electrons. The molecule has 1 heterocycles. The molecule has 0 amide bonds. The third-order valence-electron chi connectivity index (χ3n) is 2.15. The van der Waals surface area contributed by atoms with E-state index in [1.54, 1.807) is 12.1 Å². The first kappa shape index (κ1) is 9.16. The maximum atomic E-state index is 10.6. The zero-order valence-electron chi connectivity index (χ0n) is 7.62. The minimum atomic E-state index is 0.457. The lowest BCUT2D eigenvalue weighted by Crippen LogP contribution is -1.86. The molecule has 0 bridgehead atoms. The van der Waals surface area contributed by atoms with Gasteiger partial charge in [-0.15, -0.1) is 0 Å². The van der Waals surface area contributed by atoms with Gasteiger partial charge in [0.15, 0.2) is 0 Å². The lowest BCUT2D eigenvalue weighted by molar-refractivity contribution is 0.112. The molecule has 0 saturated heterocycles. The Hall–Kier alpha value is -1.41. The van der Waals surface area contributed by atoms with E-state index < -0.39 is 0 Å². The van der Waals surface area contributed by atoms with Crippen LogP contribution in [0.4, 0.5) is 0 Å². The maximum Gasteiger partial charge on any atom is 0.150 e. The van der Waals surface area contributed by atoms with E-state index in [-0.39, 0.29) is 0 Å². The van der Waals surface area contributed by atoms with Crippen LogP contribution in [0, 0.1) is 6.92 Å². The van der Waals surface area contributed by atoms with E-state index in [1.807, 2.05) is 19.1 Å². The third-order valence-corrected chi connectivity index (χ3v) is 2.34. The van der Waals surface area contributed by atoms with Crippen LogP contribution in [0.2, 0.25) is 5.15 Å². The second-order valence-corrected chi connectivity index (χ2v) is 3.54. The molecule has 0 N–H and O–H groups in total. The molecule has 2 aromatic rings. The Labute approximate surface area is 86.5 Å². The molecule has 0 aliphatic heterocycles. The number of hydrogen-bond acceptors (Lipinski definition) is 2. The van der Waals surface area contributed by atoms with Gasteiger partial charge in [-0.05, 0) is 24.6 Å². The van der Waals surface area contributed by atoms with Crippen molar-refractivity contribution in [3.8, 4) is 0 Å². The Morgan fingerprint density at radius 3 is 2.86 bits per heavy atom. The number of rotatable bonds is 1. The Kier molecular flexibility index (Phi) is 2.22. The van der Waals surface area contributed by atoms with Crippen LogP contribution >= 0.6 is 11.6 Å². The topological polar surface area (TPSA) is 30.0 Å². The summed E-state index contributed by atoms with van der Waals surface area (Å²) >= 11 is 5.82. The summed E-state index contributed by atoms with van der Waals surface area (Å²) in [5.74, 6) is 0. The molecule has 2 nitrogen and oxygen atoms in total. The SMILES string of the molecule is Cc1cc(Cl)nc2cc(C=O)ccc12. The fourth-order valence-electron chi connectivity index (χ4n) is 1.45. The van der Waals surface area contributed by atoms with Crippen LogP contribution in [-0.2, 0) is 0 Å². The Balaban J connectivity index is 2.81. The third kappa shape index (κ3) is 1.49.